The topological polar surface area (TPSA) is 76.1 Å². The van der Waals surface area contributed by atoms with Crippen molar-refractivity contribution in [3.63, 3.8) is 0 Å². The molecule has 1 saturated heterocycles. The maximum atomic E-state index is 12.8. The van der Waals surface area contributed by atoms with Gasteiger partial charge in [-0.15, -0.1) is 0 Å². The zero-order chi connectivity index (χ0) is 15.0. The van der Waals surface area contributed by atoms with Crippen LogP contribution in [0.5, 0.6) is 5.75 Å². The molecule has 1 N–H and O–H groups in total. The fourth-order valence-corrected chi connectivity index (χ4v) is 4.40. The second-order valence-corrected chi connectivity index (χ2v) is 7.32. The van der Waals surface area contributed by atoms with Gasteiger partial charge in [-0.1, -0.05) is 0 Å². The molecule has 0 amide bonds. The lowest BCUT2D eigenvalue weighted by atomic mass is 10.2. The third-order valence-electron chi connectivity index (χ3n) is 3.92. The molecule has 21 heavy (non-hydrogen) atoms. The number of nitrogens with zero attached hydrogens (tertiary/aromatic N) is 1. The third kappa shape index (κ3) is 2.66. The highest BCUT2D eigenvalue weighted by atomic mass is 32.2. The van der Waals surface area contributed by atoms with Crippen molar-refractivity contribution in [1.82, 2.24) is 4.31 Å². The predicted molar refractivity (Wildman–Crippen MR) is 75.8 cm³/mol. The Hall–Kier alpha value is -1.15. The Balaban J connectivity index is 1.92. The minimum Gasteiger partial charge on any atom is -0.493 e. The van der Waals surface area contributed by atoms with E-state index in [-0.39, 0.29) is 24.1 Å². The molecule has 0 bridgehead atoms. The van der Waals surface area contributed by atoms with Crippen molar-refractivity contribution in [3.05, 3.63) is 23.8 Å². The number of rotatable bonds is 3. The molecule has 6 nitrogen and oxygen atoms in total. The molecule has 116 valence electrons. The van der Waals surface area contributed by atoms with Gasteiger partial charge in [0.1, 0.15) is 5.75 Å². The van der Waals surface area contributed by atoms with E-state index in [0.717, 1.165) is 17.7 Å². The fourth-order valence-electron chi connectivity index (χ4n) is 2.70. The van der Waals surface area contributed by atoms with Crippen molar-refractivity contribution >= 4 is 10.0 Å². The number of aliphatic hydroxyl groups excluding tert-OH is 1. The molecular weight excluding hydrogens is 294 g/mol. The number of hydrogen-bond donors (Lipinski definition) is 1. The van der Waals surface area contributed by atoms with E-state index in [1.165, 1.54) is 4.31 Å². The Labute approximate surface area is 124 Å². The highest BCUT2D eigenvalue weighted by molar-refractivity contribution is 7.89. The van der Waals surface area contributed by atoms with Gasteiger partial charge >= 0.3 is 0 Å². The summed E-state index contributed by atoms with van der Waals surface area (Å²) in [6.07, 6.45) is 0.269. The monoisotopic (exact) mass is 313 g/mol. The standard InChI is InChI=1S/C14H19NO5S/c1-10-9-20-12(8-16)7-15(10)21(17,18)13-2-3-14-11(6-13)4-5-19-14/h2-3,6,10,12,16H,4-5,7-9H2,1H3. The van der Waals surface area contributed by atoms with Crippen LogP contribution in [0.2, 0.25) is 0 Å². The van der Waals surface area contributed by atoms with E-state index in [0.29, 0.717) is 13.2 Å². The van der Waals surface area contributed by atoms with E-state index >= 15 is 0 Å². The lowest BCUT2D eigenvalue weighted by Crippen LogP contribution is -2.51. The largest absolute Gasteiger partial charge is 0.493 e. The minimum absolute atomic E-state index is 0.174. The summed E-state index contributed by atoms with van der Waals surface area (Å²) >= 11 is 0. The quantitative estimate of drug-likeness (QED) is 0.874. The molecule has 7 heteroatoms. The van der Waals surface area contributed by atoms with Crippen LogP contribution in [0.4, 0.5) is 0 Å². The van der Waals surface area contributed by atoms with Crippen LogP contribution in [0, 0.1) is 0 Å². The molecule has 2 atom stereocenters. The Kier molecular flexibility index (Phi) is 3.92. The van der Waals surface area contributed by atoms with Crippen LogP contribution >= 0.6 is 0 Å². The second kappa shape index (κ2) is 5.57. The van der Waals surface area contributed by atoms with Crippen LogP contribution in [0.25, 0.3) is 0 Å². The first-order valence-corrected chi connectivity index (χ1v) is 8.46. The van der Waals surface area contributed by atoms with E-state index in [2.05, 4.69) is 0 Å². The Morgan fingerprint density at radius 2 is 2.24 bits per heavy atom. The average molecular weight is 313 g/mol. The van der Waals surface area contributed by atoms with Crippen LogP contribution in [-0.4, -0.2) is 56.3 Å². The van der Waals surface area contributed by atoms with Gasteiger partial charge in [0.15, 0.2) is 0 Å². The number of fused-ring (bicyclic) bond motifs is 1. The molecule has 3 rings (SSSR count). The van der Waals surface area contributed by atoms with Gasteiger partial charge in [-0.25, -0.2) is 8.42 Å². The molecule has 0 aliphatic carbocycles. The zero-order valence-electron chi connectivity index (χ0n) is 11.9. The van der Waals surface area contributed by atoms with Gasteiger partial charge in [-0.05, 0) is 30.7 Å². The lowest BCUT2D eigenvalue weighted by molar-refractivity contribution is -0.0516. The molecule has 1 aromatic carbocycles. The van der Waals surface area contributed by atoms with E-state index in [4.69, 9.17) is 9.47 Å². The Morgan fingerprint density at radius 1 is 1.43 bits per heavy atom. The van der Waals surface area contributed by atoms with Crippen molar-refractivity contribution in [2.45, 2.75) is 30.4 Å². The molecule has 2 aliphatic heterocycles. The summed E-state index contributed by atoms with van der Waals surface area (Å²) < 4.78 is 37.8. The van der Waals surface area contributed by atoms with Gasteiger partial charge in [0.2, 0.25) is 10.0 Å². The maximum Gasteiger partial charge on any atom is 0.243 e. The van der Waals surface area contributed by atoms with Gasteiger partial charge in [-0.3, -0.25) is 0 Å². The summed E-state index contributed by atoms with van der Waals surface area (Å²) in [5, 5.41) is 9.20. The minimum atomic E-state index is -3.59. The molecule has 0 saturated carbocycles. The van der Waals surface area contributed by atoms with Crippen LogP contribution < -0.4 is 4.74 Å². The first kappa shape index (κ1) is 14.8. The van der Waals surface area contributed by atoms with Crippen molar-refractivity contribution in [2.24, 2.45) is 0 Å². The number of sulfonamides is 1. The number of ether oxygens (including phenoxy) is 2. The maximum absolute atomic E-state index is 12.8. The van der Waals surface area contributed by atoms with Crippen molar-refractivity contribution < 1.29 is 23.0 Å². The fraction of sp³-hybridized carbons (Fsp3) is 0.571. The molecule has 2 aliphatic rings. The van der Waals surface area contributed by atoms with Crippen LogP contribution in [0.1, 0.15) is 12.5 Å². The van der Waals surface area contributed by atoms with Gasteiger partial charge in [0, 0.05) is 19.0 Å². The SMILES string of the molecule is CC1COC(CO)CN1S(=O)(=O)c1ccc2c(c1)CCO2. The average Bonchev–Trinajstić information content (AvgIpc) is 2.95. The normalized spacial score (nSPS) is 26.4. The summed E-state index contributed by atoms with van der Waals surface area (Å²) in [7, 11) is -3.59. The van der Waals surface area contributed by atoms with Gasteiger partial charge < -0.3 is 14.6 Å². The van der Waals surface area contributed by atoms with Crippen LogP contribution in [0.3, 0.4) is 0 Å². The summed E-state index contributed by atoms with van der Waals surface area (Å²) in [5.41, 5.74) is 0.927. The predicted octanol–water partition coefficient (Wildman–Crippen LogP) is 0.392. The highest BCUT2D eigenvalue weighted by Crippen LogP contribution is 2.30. The van der Waals surface area contributed by atoms with Crippen LogP contribution in [0.15, 0.2) is 23.1 Å². The van der Waals surface area contributed by atoms with Crippen molar-refractivity contribution in [1.29, 1.82) is 0 Å². The molecule has 0 spiro atoms. The van der Waals surface area contributed by atoms with E-state index in [1.54, 1.807) is 18.2 Å². The zero-order valence-corrected chi connectivity index (χ0v) is 12.7. The van der Waals surface area contributed by atoms with Crippen LogP contribution in [-0.2, 0) is 21.2 Å². The first-order chi connectivity index (χ1) is 10.0. The summed E-state index contributed by atoms with van der Waals surface area (Å²) in [6, 6.07) is 4.73. The summed E-state index contributed by atoms with van der Waals surface area (Å²) in [6.45, 7) is 2.68. The molecule has 0 radical (unpaired) electrons. The molecule has 0 aromatic heterocycles. The molecular formula is C14H19NO5S. The lowest BCUT2D eigenvalue weighted by Gasteiger charge is -2.36. The highest BCUT2D eigenvalue weighted by Gasteiger charge is 2.35. The van der Waals surface area contributed by atoms with E-state index < -0.39 is 16.1 Å². The number of hydrogen-bond acceptors (Lipinski definition) is 5. The van der Waals surface area contributed by atoms with E-state index in [1.807, 2.05) is 6.92 Å². The molecule has 1 aromatic rings. The van der Waals surface area contributed by atoms with Gasteiger partial charge in [-0.2, -0.15) is 4.31 Å². The van der Waals surface area contributed by atoms with Crippen molar-refractivity contribution in [3.8, 4) is 5.75 Å². The number of morpholine rings is 1. The molecule has 2 unspecified atom stereocenters. The Bertz CT molecular complexity index is 630. The Morgan fingerprint density at radius 3 is 3.00 bits per heavy atom. The smallest absolute Gasteiger partial charge is 0.243 e. The molecule has 1 fully saturated rings. The van der Waals surface area contributed by atoms with Gasteiger partial charge in [0.25, 0.3) is 0 Å². The third-order valence-corrected chi connectivity index (χ3v) is 5.90. The summed E-state index contributed by atoms with van der Waals surface area (Å²) in [4.78, 5) is 0.275. The van der Waals surface area contributed by atoms with Gasteiger partial charge in [0.05, 0.1) is 30.8 Å². The summed E-state index contributed by atoms with van der Waals surface area (Å²) in [5.74, 6) is 0.761. The number of benzene rings is 1. The van der Waals surface area contributed by atoms with E-state index in [9.17, 15) is 13.5 Å². The first-order valence-electron chi connectivity index (χ1n) is 7.02. The van der Waals surface area contributed by atoms with Crippen molar-refractivity contribution in [2.75, 3.05) is 26.4 Å². The molecule has 2 heterocycles. The number of aliphatic hydroxyl groups is 1. The second-order valence-electron chi connectivity index (χ2n) is 5.43.